The highest BCUT2D eigenvalue weighted by Crippen LogP contribution is 2.31. The zero-order valence-corrected chi connectivity index (χ0v) is 22.1. The predicted molar refractivity (Wildman–Crippen MR) is 128 cm³/mol. The minimum atomic E-state index is -5.08. The lowest BCUT2D eigenvalue weighted by Gasteiger charge is -2.47. The number of morpholine rings is 1. The molecule has 0 unspecified atom stereocenters. The van der Waals surface area contributed by atoms with E-state index in [0.717, 1.165) is 43.9 Å². The van der Waals surface area contributed by atoms with Crippen molar-refractivity contribution >= 4 is 17.8 Å². The number of carbonyl (C=O) groups excluding carboxylic acids is 1. The molecule has 2 aliphatic rings. The van der Waals surface area contributed by atoms with Gasteiger partial charge in [0.15, 0.2) is 0 Å². The minimum Gasteiger partial charge on any atom is -0.475 e. The molecule has 1 spiro atoms. The highest BCUT2D eigenvalue weighted by atomic mass is 19.4. The average Bonchev–Trinajstić information content (AvgIpc) is 3.27. The number of hydrogen-bond acceptors (Lipinski definition) is 7. The topological polar surface area (TPSA) is 138 Å². The van der Waals surface area contributed by atoms with Crippen molar-refractivity contribution in [3.05, 3.63) is 47.5 Å². The molecule has 2 aromatic heterocycles. The van der Waals surface area contributed by atoms with E-state index in [1.807, 2.05) is 47.9 Å². The van der Waals surface area contributed by atoms with E-state index in [0.29, 0.717) is 13.1 Å². The second kappa shape index (κ2) is 13.8. The molecule has 0 bridgehead atoms. The van der Waals surface area contributed by atoms with Crippen LogP contribution in [0, 0.1) is 6.92 Å². The third kappa shape index (κ3) is 11.0. The Balaban J connectivity index is 0.000000349. The lowest BCUT2D eigenvalue weighted by atomic mass is 9.89. The summed E-state index contributed by atoms with van der Waals surface area (Å²) in [6, 6.07) is 5.96. The molecule has 0 aromatic carbocycles. The number of piperidine rings is 1. The number of amides is 1. The van der Waals surface area contributed by atoms with Gasteiger partial charge in [0.25, 0.3) is 0 Å². The van der Waals surface area contributed by atoms with Crippen LogP contribution >= 0.6 is 0 Å². The van der Waals surface area contributed by atoms with Gasteiger partial charge < -0.3 is 19.8 Å². The van der Waals surface area contributed by atoms with Crippen LogP contribution in [0.3, 0.4) is 0 Å². The van der Waals surface area contributed by atoms with Crippen LogP contribution in [0.4, 0.5) is 26.3 Å². The van der Waals surface area contributed by atoms with Crippen LogP contribution in [-0.4, -0.2) is 96.8 Å². The number of ether oxygens (including phenoxy) is 1. The van der Waals surface area contributed by atoms with Gasteiger partial charge in [-0.3, -0.25) is 19.4 Å². The van der Waals surface area contributed by atoms with Crippen LogP contribution in [0.5, 0.6) is 0 Å². The molecule has 2 N–H and O–H groups in total. The van der Waals surface area contributed by atoms with Crippen molar-refractivity contribution in [1.29, 1.82) is 0 Å². The lowest BCUT2D eigenvalue weighted by molar-refractivity contribution is -0.193. The van der Waals surface area contributed by atoms with E-state index >= 15 is 0 Å². The number of halogens is 6. The molecule has 0 atom stereocenters. The van der Waals surface area contributed by atoms with Crippen LogP contribution in [0.1, 0.15) is 29.8 Å². The van der Waals surface area contributed by atoms with Crippen LogP contribution in [0.15, 0.2) is 30.6 Å². The molecule has 2 fully saturated rings. The third-order valence-corrected chi connectivity index (χ3v) is 6.05. The van der Waals surface area contributed by atoms with Crippen LogP contribution in [0.25, 0.3) is 0 Å². The highest BCUT2D eigenvalue weighted by Gasteiger charge is 2.42. The van der Waals surface area contributed by atoms with E-state index in [1.54, 1.807) is 0 Å². The Morgan fingerprint density at radius 1 is 1.02 bits per heavy atom. The molecule has 1 amide bonds. The molecule has 0 radical (unpaired) electrons. The number of nitrogens with zero attached hydrogens (tertiary/aromatic N) is 5. The summed E-state index contributed by atoms with van der Waals surface area (Å²) in [6.07, 6.45) is -4.29. The summed E-state index contributed by atoms with van der Waals surface area (Å²) in [5, 5.41) is 18.5. The summed E-state index contributed by atoms with van der Waals surface area (Å²) in [5.74, 6) is -5.46. The summed E-state index contributed by atoms with van der Waals surface area (Å²) < 4.78 is 71.4. The molecule has 41 heavy (non-hydrogen) atoms. The average molecular weight is 598 g/mol. The number of pyridine rings is 1. The van der Waals surface area contributed by atoms with Gasteiger partial charge in [0.2, 0.25) is 5.91 Å². The molecule has 4 heterocycles. The van der Waals surface area contributed by atoms with Gasteiger partial charge in [0.1, 0.15) is 6.61 Å². The number of carboxylic acids is 2. The maximum atomic E-state index is 12.4. The molecular formula is C24H29F6N5O6. The number of aromatic nitrogens is 3. The van der Waals surface area contributed by atoms with Gasteiger partial charge in [0.05, 0.1) is 30.6 Å². The van der Waals surface area contributed by atoms with Gasteiger partial charge in [-0.15, -0.1) is 0 Å². The number of carboxylic acid groups (broad SMARTS) is 2. The predicted octanol–water partition coefficient (Wildman–Crippen LogP) is 2.78. The summed E-state index contributed by atoms with van der Waals surface area (Å²) in [6.45, 7) is 6.23. The largest absolute Gasteiger partial charge is 0.490 e. The van der Waals surface area contributed by atoms with Crippen LogP contribution < -0.4 is 0 Å². The van der Waals surface area contributed by atoms with E-state index in [9.17, 15) is 31.1 Å². The standard InChI is InChI=1S/C20H27N5O2.2C2HF3O2/c1-16-4-3-5-18(22-16)13-25-15-20(27-14-19(25)26)6-8-24(9-7-20)12-17-10-21-23(2)11-17;2*3-2(4,5)1(6)7/h3-5,10-11H,6-9,12-15H2,1-2H3;2*(H,6,7). The van der Waals surface area contributed by atoms with E-state index in [4.69, 9.17) is 24.5 Å². The molecule has 2 aliphatic heterocycles. The van der Waals surface area contributed by atoms with E-state index in [-0.39, 0.29) is 18.1 Å². The number of rotatable bonds is 4. The minimum absolute atomic E-state index is 0.0571. The monoisotopic (exact) mass is 597 g/mol. The third-order valence-electron chi connectivity index (χ3n) is 6.05. The van der Waals surface area contributed by atoms with Crippen molar-refractivity contribution in [3.8, 4) is 0 Å². The van der Waals surface area contributed by atoms with E-state index < -0.39 is 24.3 Å². The summed E-state index contributed by atoms with van der Waals surface area (Å²) >= 11 is 0. The lowest BCUT2D eigenvalue weighted by Crippen LogP contribution is -2.58. The first-order chi connectivity index (χ1) is 18.9. The molecule has 2 saturated heterocycles. The molecule has 2 aromatic rings. The van der Waals surface area contributed by atoms with Crippen molar-refractivity contribution in [1.82, 2.24) is 24.6 Å². The molecule has 11 nitrogen and oxygen atoms in total. The van der Waals surface area contributed by atoms with Gasteiger partial charge in [-0.2, -0.15) is 31.4 Å². The normalized spacial score (nSPS) is 17.3. The van der Waals surface area contributed by atoms with Gasteiger partial charge in [0, 0.05) is 44.1 Å². The van der Waals surface area contributed by atoms with E-state index in [2.05, 4.69) is 21.2 Å². The van der Waals surface area contributed by atoms with Crippen molar-refractivity contribution < 1.29 is 55.7 Å². The quantitative estimate of drug-likeness (QED) is 0.510. The van der Waals surface area contributed by atoms with Gasteiger partial charge in [-0.1, -0.05) is 6.07 Å². The highest BCUT2D eigenvalue weighted by molar-refractivity contribution is 5.78. The molecular weight excluding hydrogens is 568 g/mol. The number of hydrogen-bond donors (Lipinski definition) is 2. The number of aryl methyl sites for hydroxylation is 2. The van der Waals surface area contributed by atoms with Crippen molar-refractivity contribution in [2.24, 2.45) is 7.05 Å². The fourth-order valence-electron chi connectivity index (χ4n) is 4.05. The Morgan fingerprint density at radius 2 is 1.59 bits per heavy atom. The second-order valence-corrected chi connectivity index (χ2v) is 9.40. The Hall–Kier alpha value is -3.73. The van der Waals surface area contributed by atoms with Crippen LogP contribution in [-0.2, 0) is 39.3 Å². The van der Waals surface area contributed by atoms with Gasteiger partial charge in [-0.05, 0) is 31.9 Å². The fraction of sp³-hybridized carbons (Fsp3) is 0.542. The first kappa shape index (κ1) is 33.5. The fourth-order valence-corrected chi connectivity index (χ4v) is 4.05. The Morgan fingerprint density at radius 3 is 2.05 bits per heavy atom. The Bertz CT molecular complexity index is 1170. The summed E-state index contributed by atoms with van der Waals surface area (Å²) in [4.78, 5) is 39.1. The molecule has 4 rings (SSSR count). The summed E-state index contributed by atoms with van der Waals surface area (Å²) in [7, 11) is 1.94. The summed E-state index contributed by atoms with van der Waals surface area (Å²) in [5.41, 5.74) is 2.93. The smallest absolute Gasteiger partial charge is 0.475 e. The number of carbonyl (C=O) groups is 3. The van der Waals surface area contributed by atoms with Crippen molar-refractivity contribution in [2.75, 3.05) is 26.2 Å². The Labute approximate surface area is 230 Å². The second-order valence-electron chi connectivity index (χ2n) is 9.40. The van der Waals surface area contributed by atoms with Crippen LogP contribution in [0.2, 0.25) is 0 Å². The number of alkyl halides is 6. The molecule has 0 saturated carbocycles. The maximum Gasteiger partial charge on any atom is 0.490 e. The molecule has 0 aliphatic carbocycles. The van der Waals surface area contributed by atoms with Gasteiger partial charge >= 0.3 is 24.3 Å². The first-order valence-electron chi connectivity index (χ1n) is 12.0. The van der Waals surface area contributed by atoms with Crippen molar-refractivity contribution in [3.63, 3.8) is 0 Å². The van der Waals surface area contributed by atoms with E-state index in [1.165, 1.54) is 5.56 Å². The SMILES string of the molecule is Cc1cccc(CN2CC3(CCN(Cc4cnn(C)c4)CC3)OCC2=O)n1.O=C(O)C(F)(F)F.O=C(O)C(F)(F)F. The Kier molecular flexibility index (Phi) is 11.2. The first-order valence-corrected chi connectivity index (χ1v) is 12.0. The number of aliphatic carboxylic acids is 2. The zero-order valence-electron chi connectivity index (χ0n) is 22.1. The van der Waals surface area contributed by atoms with Crippen molar-refractivity contribution in [2.45, 2.75) is 50.8 Å². The number of likely N-dealkylation sites (tertiary alicyclic amines) is 1. The maximum absolute atomic E-state index is 12.4. The molecule has 228 valence electrons. The molecule has 17 heteroatoms. The zero-order chi connectivity index (χ0) is 31.0. The van der Waals surface area contributed by atoms with Gasteiger partial charge in [-0.25, -0.2) is 9.59 Å².